The fourth-order valence-corrected chi connectivity index (χ4v) is 3.37. The van der Waals surface area contributed by atoms with Crippen LogP contribution in [-0.2, 0) is 9.53 Å². The molecule has 7 heteroatoms. The maximum atomic E-state index is 12.7. The fourth-order valence-electron chi connectivity index (χ4n) is 3.37. The van der Waals surface area contributed by atoms with Gasteiger partial charge in [0.05, 0.1) is 5.56 Å². The molecule has 0 bridgehead atoms. The van der Waals surface area contributed by atoms with Gasteiger partial charge in [0.15, 0.2) is 6.10 Å². The lowest BCUT2D eigenvalue weighted by Gasteiger charge is -2.14. The van der Waals surface area contributed by atoms with E-state index in [0.29, 0.717) is 16.8 Å². The third kappa shape index (κ3) is 4.83. The number of aryl methyl sites for hydroxylation is 2. The number of nitrogens with zero attached hydrogens (tertiary/aromatic N) is 1. The van der Waals surface area contributed by atoms with Crippen molar-refractivity contribution in [1.82, 2.24) is 4.57 Å². The number of esters is 1. The highest BCUT2D eigenvalue weighted by atomic mass is 16.5. The van der Waals surface area contributed by atoms with Crippen molar-refractivity contribution in [1.29, 1.82) is 0 Å². The number of nitrogens with two attached hydrogens (primary N) is 1. The fraction of sp³-hybridized carbons (Fsp3) is 0.208. The van der Waals surface area contributed by atoms with Crippen LogP contribution in [0.4, 0.5) is 5.69 Å². The third-order valence-corrected chi connectivity index (χ3v) is 5.00. The Bertz CT molecular complexity index is 1150. The molecule has 160 valence electrons. The first-order valence-corrected chi connectivity index (χ1v) is 9.85. The number of amides is 2. The number of nitrogens with one attached hydrogen (secondary N) is 1. The highest BCUT2D eigenvalue weighted by Crippen LogP contribution is 2.22. The van der Waals surface area contributed by atoms with Gasteiger partial charge in [-0.25, -0.2) is 4.79 Å². The van der Waals surface area contributed by atoms with Crippen molar-refractivity contribution in [2.75, 3.05) is 5.32 Å². The molecule has 0 radical (unpaired) electrons. The van der Waals surface area contributed by atoms with Crippen molar-refractivity contribution in [3.05, 3.63) is 82.7 Å². The van der Waals surface area contributed by atoms with Crippen LogP contribution in [0.1, 0.15) is 44.6 Å². The predicted molar refractivity (Wildman–Crippen MR) is 118 cm³/mol. The minimum Gasteiger partial charge on any atom is -0.449 e. The molecule has 3 rings (SSSR count). The molecule has 31 heavy (non-hydrogen) atoms. The molecule has 2 aromatic carbocycles. The van der Waals surface area contributed by atoms with Crippen molar-refractivity contribution >= 4 is 23.5 Å². The molecule has 0 spiro atoms. The Labute approximate surface area is 180 Å². The Morgan fingerprint density at radius 3 is 2.29 bits per heavy atom. The molecule has 7 nitrogen and oxygen atoms in total. The van der Waals surface area contributed by atoms with E-state index in [2.05, 4.69) is 5.32 Å². The van der Waals surface area contributed by atoms with Gasteiger partial charge < -0.3 is 20.4 Å². The molecule has 3 N–H and O–H groups in total. The molecule has 0 fully saturated rings. The van der Waals surface area contributed by atoms with Gasteiger partial charge >= 0.3 is 5.97 Å². The number of carbonyl (C=O) groups excluding carboxylic acids is 3. The second-order valence-corrected chi connectivity index (χ2v) is 7.44. The summed E-state index contributed by atoms with van der Waals surface area (Å²) >= 11 is 0. The third-order valence-electron chi connectivity index (χ3n) is 5.00. The summed E-state index contributed by atoms with van der Waals surface area (Å²) in [6.07, 6.45) is -1.01. The number of primary amides is 1. The van der Waals surface area contributed by atoms with E-state index in [1.54, 1.807) is 18.2 Å². The van der Waals surface area contributed by atoms with E-state index in [1.165, 1.54) is 19.1 Å². The van der Waals surface area contributed by atoms with E-state index in [1.807, 2.05) is 49.6 Å². The minimum absolute atomic E-state index is 0.335. The summed E-state index contributed by atoms with van der Waals surface area (Å²) in [5.74, 6) is -1.60. The van der Waals surface area contributed by atoms with Crippen LogP contribution in [0.5, 0.6) is 0 Å². The van der Waals surface area contributed by atoms with Gasteiger partial charge in [-0.05, 0) is 75.7 Å². The van der Waals surface area contributed by atoms with Gasteiger partial charge in [-0.2, -0.15) is 0 Å². The van der Waals surface area contributed by atoms with Crippen LogP contribution >= 0.6 is 0 Å². The monoisotopic (exact) mass is 419 g/mol. The first-order chi connectivity index (χ1) is 14.7. The molecule has 3 aromatic rings. The topological polar surface area (TPSA) is 103 Å². The minimum atomic E-state index is -1.01. The van der Waals surface area contributed by atoms with Gasteiger partial charge in [-0.1, -0.05) is 12.1 Å². The summed E-state index contributed by atoms with van der Waals surface area (Å²) < 4.78 is 7.38. The Balaban J connectivity index is 1.71. The van der Waals surface area contributed by atoms with Gasteiger partial charge in [0.2, 0.25) is 5.91 Å². The predicted octanol–water partition coefficient (Wildman–Crippen LogP) is 3.69. The molecular formula is C24H25N3O4. The van der Waals surface area contributed by atoms with Crippen LogP contribution in [-0.4, -0.2) is 28.5 Å². The van der Waals surface area contributed by atoms with Gasteiger partial charge in [-0.3, -0.25) is 9.59 Å². The highest BCUT2D eigenvalue weighted by molar-refractivity contribution is 5.98. The lowest BCUT2D eigenvalue weighted by atomic mass is 10.2. The van der Waals surface area contributed by atoms with Crippen LogP contribution in [0.25, 0.3) is 5.69 Å². The largest absolute Gasteiger partial charge is 0.449 e. The quantitative estimate of drug-likeness (QED) is 0.595. The van der Waals surface area contributed by atoms with Crippen molar-refractivity contribution in [3.8, 4) is 5.69 Å². The van der Waals surface area contributed by atoms with Crippen molar-refractivity contribution in [3.63, 3.8) is 0 Å². The number of ether oxygens (including phenoxy) is 1. The molecule has 1 unspecified atom stereocenters. The second kappa shape index (κ2) is 8.87. The average Bonchev–Trinajstić information content (AvgIpc) is 3.02. The van der Waals surface area contributed by atoms with Crippen LogP contribution in [0, 0.1) is 20.8 Å². The Kier molecular flexibility index (Phi) is 6.25. The average molecular weight is 419 g/mol. The summed E-state index contributed by atoms with van der Waals surface area (Å²) in [7, 11) is 0. The van der Waals surface area contributed by atoms with E-state index in [9.17, 15) is 14.4 Å². The maximum absolute atomic E-state index is 12.7. The van der Waals surface area contributed by atoms with Crippen molar-refractivity contribution < 1.29 is 19.1 Å². The number of anilines is 1. The molecule has 0 aliphatic heterocycles. The summed E-state index contributed by atoms with van der Waals surface area (Å²) in [6.45, 7) is 7.27. The first kappa shape index (κ1) is 21.8. The number of hydrogen-bond donors (Lipinski definition) is 2. The standard InChI is InChI=1S/C24H25N3O4/c1-14-6-5-7-20(12-14)27-15(2)13-21(16(27)3)24(30)31-17(4)23(29)26-19-10-8-18(9-11-19)22(25)28/h5-13,17H,1-4H3,(H2,25,28)(H,26,29). The summed E-state index contributed by atoms with van der Waals surface area (Å²) in [6, 6.07) is 15.9. The van der Waals surface area contributed by atoms with E-state index in [4.69, 9.17) is 10.5 Å². The molecule has 1 aromatic heterocycles. The molecule has 0 saturated heterocycles. The van der Waals surface area contributed by atoms with Gasteiger partial charge in [0.1, 0.15) is 0 Å². The summed E-state index contributed by atoms with van der Waals surface area (Å²) in [5, 5.41) is 2.65. The molecule has 0 aliphatic carbocycles. The normalized spacial score (nSPS) is 11.6. The molecule has 2 amide bonds. The molecule has 0 aliphatic rings. The molecular weight excluding hydrogens is 394 g/mol. The van der Waals surface area contributed by atoms with Crippen LogP contribution in [0.3, 0.4) is 0 Å². The van der Waals surface area contributed by atoms with E-state index in [0.717, 1.165) is 22.6 Å². The molecule has 1 heterocycles. The number of rotatable bonds is 6. The number of benzene rings is 2. The van der Waals surface area contributed by atoms with Gasteiger partial charge in [0, 0.05) is 28.3 Å². The van der Waals surface area contributed by atoms with Crippen molar-refractivity contribution in [2.45, 2.75) is 33.8 Å². The maximum Gasteiger partial charge on any atom is 0.340 e. The Hall–Kier alpha value is -3.87. The number of hydrogen-bond acceptors (Lipinski definition) is 4. The van der Waals surface area contributed by atoms with Gasteiger partial charge in [0.25, 0.3) is 5.91 Å². The summed E-state index contributed by atoms with van der Waals surface area (Å²) in [4.78, 5) is 36.3. The molecule has 1 atom stereocenters. The lowest BCUT2D eigenvalue weighted by Crippen LogP contribution is -2.30. The highest BCUT2D eigenvalue weighted by Gasteiger charge is 2.23. The van der Waals surface area contributed by atoms with Crippen LogP contribution < -0.4 is 11.1 Å². The lowest BCUT2D eigenvalue weighted by molar-refractivity contribution is -0.123. The van der Waals surface area contributed by atoms with Crippen LogP contribution in [0.2, 0.25) is 0 Å². The number of aromatic nitrogens is 1. The Morgan fingerprint density at radius 1 is 1.00 bits per heavy atom. The van der Waals surface area contributed by atoms with Crippen LogP contribution in [0.15, 0.2) is 54.6 Å². The summed E-state index contributed by atoms with van der Waals surface area (Å²) in [5.41, 5.74) is 10.1. The van der Waals surface area contributed by atoms with Gasteiger partial charge in [-0.15, -0.1) is 0 Å². The first-order valence-electron chi connectivity index (χ1n) is 9.85. The second-order valence-electron chi connectivity index (χ2n) is 7.44. The SMILES string of the molecule is Cc1cccc(-n2c(C)cc(C(=O)OC(C)C(=O)Nc3ccc(C(N)=O)cc3)c2C)c1. The zero-order chi connectivity index (χ0) is 22.7. The Morgan fingerprint density at radius 2 is 1.68 bits per heavy atom. The van der Waals surface area contributed by atoms with E-state index in [-0.39, 0.29) is 0 Å². The zero-order valence-electron chi connectivity index (χ0n) is 17.9. The smallest absolute Gasteiger partial charge is 0.340 e. The zero-order valence-corrected chi connectivity index (χ0v) is 17.9. The van der Waals surface area contributed by atoms with E-state index >= 15 is 0 Å². The molecule has 0 saturated carbocycles. The van der Waals surface area contributed by atoms with E-state index < -0.39 is 23.9 Å². The van der Waals surface area contributed by atoms with Crippen molar-refractivity contribution in [2.24, 2.45) is 5.73 Å². The number of carbonyl (C=O) groups is 3.